The Morgan fingerprint density at radius 2 is 1.87 bits per heavy atom. The number of hydrogen-bond acceptors (Lipinski definition) is 3. The second kappa shape index (κ2) is 4.65. The minimum absolute atomic E-state index is 0.0687. The predicted molar refractivity (Wildman–Crippen MR) is 51.5 cm³/mol. The van der Waals surface area contributed by atoms with E-state index in [0.29, 0.717) is 0 Å². The van der Waals surface area contributed by atoms with Gasteiger partial charge in [0.15, 0.2) is 11.5 Å². The molecule has 15 heavy (non-hydrogen) atoms. The van der Waals surface area contributed by atoms with E-state index < -0.39 is 6.36 Å². The molecule has 0 radical (unpaired) electrons. The molecule has 0 amide bonds. The molecule has 6 heteroatoms. The third-order valence-corrected chi connectivity index (χ3v) is 2.32. The second-order valence-electron chi connectivity index (χ2n) is 2.56. The highest BCUT2D eigenvalue weighted by Gasteiger charge is 2.32. The van der Waals surface area contributed by atoms with E-state index in [1.54, 1.807) is 0 Å². The molecule has 0 heterocycles. The van der Waals surface area contributed by atoms with Crippen LogP contribution in [0.1, 0.15) is 0 Å². The van der Waals surface area contributed by atoms with Crippen LogP contribution in [-0.2, 0) is 0 Å². The van der Waals surface area contributed by atoms with E-state index in [4.69, 9.17) is 4.74 Å². The zero-order valence-corrected chi connectivity index (χ0v) is 8.91. The number of alkyl halides is 3. The molecule has 0 unspecified atom stereocenters. The van der Waals surface area contributed by atoms with Gasteiger partial charge in [-0.05, 0) is 24.5 Å². The number of methoxy groups -OCH3 is 1. The number of halogens is 3. The SMILES string of the molecule is COc1cc(SC)ccc1OC(F)(F)F. The highest BCUT2D eigenvalue weighted by atomic mass is 32.2. The Bertz CT molecular complexity index is 339. The lowest BCUT2D eigenvalue weighted by atomic mass is 10.3. The Morgan fingerprint density at radius 3 is 2.33 bits per heavy atom. The van der Waals surface area contributed by atoms with Gasteiger partial charge in [-0.3, -0.25) is 0 Å². The molecular weight excluding hydrogens is 229 g/mol. The van der Waals surface area contributed by atoms with Crippen molar-refractivity contribution in [1.29, 1.82) is 0 Å². The van der Waals surface area contributed by atoms with Gasteiger partial charge in [0.05, 0.1) is 7.11 Å². The Hall–Kier alpha value is -1.04. The first-order chi connectivity index (χ1) is 6.96. The van der Waals surface area contributed by atoms with E-state index in [9.17, 15) is 13.2 Å². The lowest BCUT2D eigenvalue weighted by Crippen LogP contribution is -2.17. The van der Waals surface area contributed by atoms with Crippen LogP contribution in [0.5, 0.6) is 11.5 Å². The van der Waals surface area contributed by atoms with E-state index in [1.807, 2.05) is 6.26 Å². The number of rotatable bonds is 3. The van der Waals surface area contributed by atoms with Gasteiger partial charge in [0.25, 0.3) is 0 Å². The van der Waals surface area contributed by atoms with Crippen LogP contribution < -0.4 is 9.47 Å². The fraction of sp³-hybridized carbons (Fsp3) is 0.333. The highest BCUT2D eigenvalue weighted by Crippen LogP contribution is 2.34. The molecule has 0 spiro atoms. The summed E-state index contributed by atoms with van der Waals surface area (Å²) >= 11 is 1.41. The van der Waals surface area contributed by atoms with E-state index in [2.05, 4.69) is 4.74 Å². The van der Waals surface area contributed by atoms with Crippen molar-refractivity contribution in [3.63, 3.8) is 0 Å². The number of thioether (sulfide) groups is 1. The summed E-state index contributed by atoms with van der Waals surface area (Å²) in [6.07, 6.45) is -2.88. The van der Waals surface area contributed by atoms with Crippen molar-refractivity contribution in [2.45, 2.75) is 11.3 Å². The first-order valence-corrected chi connectivity index (χ1v) is 5.16. The average Bonchev–Trinajstić information content (AvgIpc) is 2.16. The average molecular weight is 238 g/mol. The summed E-state index contributed by atoms with van der Waals surface area (Å²) in [7, 11) is 1.29. The van der Waals surface area contributed by atoms with Gasteiger partial charge < -0.3 is 9.47 Å². The fourth-order valence-electron chi connectivity index (χ4n) is 0.984. The maximum absolute atomic E-state index is 12.0. The zero-order chi connectivity index (χ0) is 11.5. The first kappa shape index (κ1) is 12.0. The van der Waals surface area contributed by atoms with E-state index in [0.717, 1.165) is 4.90 Å². The zero-order valence-electron chi connectivity index (χ0n) is 8.09. The van der Waals surface area contributed by atoms with Crippen molar-refractivity contribution in [1.82, 2.24) is 0 Å². The normalized spacial score (nSPS) is 11.3. The molecular formula is C9H9F3O2S. The van der Waals surface area contributed by atoms with Crippen molar-refractivity contribution in [2.24, 2.45) is 0 Å². The quantitative estimate of drug-likeness (QED) is 0.752. The molecule has 0 saturated heterocycles. The monoisotopic (exact) mass is 238 g/mol. The summed E-state index contributed by atoms with van der Waals surface area (Å²) in [5.41, 5.74) is 0. The smallest absolute Gasteiger partial charge is 0.493 e. The van der Waals surface area contributed by atoms with Crippen molar-refractivity contribution in [3.05, 3.63) is 18.2 Å². The van der Waals surface area contributed by atoms with Crippen LogP contribution in [0.2, 0.25) is 0 Å². The molecule has 2 nitrogen and oxygen atoms in total. The summed E-state index contributed by atoms with van der Waals surface area (Å²) in [5, 5.41) is 0. The van der Waals surface area contributed by atoms with Crippen molar-refractivity contribution < 1.29 is 22.6 Å². The summed E-state index contributed by atoms with van der Waals surface area (Å²) in [6, 6.07) is 4.26. The molecule has 0 aliphatic heterocycles. The largest absolute Gasteiger partial charge is 0.573 e. The molecule has 1 rings (SSSR count). The lowest BCUT2D eigenvalue weighted by molar-refractivity contribution is -0.275. The standard InChI is InChI=1S/C9H9F3O2S/c1-13-8-5-6(15-2)3-4-7(8)14-9(10,11)12/h3-5H,1-2H3. The number of ether oxygens (including phenoxy) is 2. The van der Waals surface area contributed by atoms with Gasteiger partial charge in [0.1, 0.15) is 0 Å². The van der Waals surface area contributed by atoms with Crippen molar-refractivity contribution in [3.8, 4) is 11.5 Å². The van der Waals surface area contributed by atoms with Crippen LogP contribution in [0.25, 0.3) is 0 Å². The maximum atomic E-state index is 12.0. The fourth-order valence-corrected chi connectivity index (χ4v) is 1.41. The summed E-state index contributed by atoms with van der Waals surface area (Å²) in [5.74, 6) is -0.262. The van der Waals surface area contributed by atoms with Crippen LogP contribution >= 0.6 is 11.8 Å². The summed E-state index contributed by atoms with van der Waals surface area (Å²) in [6.45, 7) is 0. The Balaban J connectivity index is 2.97. The molecule has 0 aromatic heterocycles. The third-order valence-electron chi connectivity index (χ3n) is 1.60. The van der Waals surface area contributed by atoms with Crippen LogP contribution in [0, 0.1) is 0 Å². The van der Waals surface area contributed by atoms with E-state index in [-0.39, 0.29) is 11.5 Å². The van der Waals surface area contributed by atoms with Gasteiger partial charge in [-0.15, -0.1) is 24.9 Å². The third kappa shape index (κ3) is 3.54. The molecule has 0 bridgehead atoms. The minimum atomic E-state index is -4.70. The molecule has 0 atom stereocenters. The van der Waals surface area contributed by atoms with Gasteiger partial charge in [-0.25, -0.2) is 0 Å². The van der Waals surface area contributed by atoms with Crippen molar-refractivity contribution in [2.75, 3.05) is 13.4 Å². The molecule has 84 valence electrons. The van der Waals surface area contributed by atoms with Crippen LogP contribution in [-0.4, -0.2) is 19.7 Å². The van der Waals surface area contributed by atoms with Crippen LogP contribution in [0.3, 0.4) is 0 Å². The molecule has 0 N–H and O–H groups in total. The maximum Gasteiger partial charge on any atom is 0.573 e. The van der Waals surface area contributed by atoms with Gasteiger partial charge in [0.2, 0.25) is 0 Å². The molecule has 0 aliphatic rings. The topological polar surface area (TPSA) is 18.5 Å². The highest BCUT2D eigenvalue weighted by molar-refractivity contribution is 7.98. The first-order valence-electron chi connectivity index (χ1n) is 3.94. The Labute approximate surface area is 89.4 Å². The lowest BCUT2D eigenvalue weighted by Gasteiger charge is -2.12. The summed E-state index contributed by atoms with van der Waals surface area (Å²) in [4.78, 5) is 0.807. The van der Waals surface area contributed by atoms with Gasteiger partial charge in [-0.2, -0.15) is 0 Å². The molecule has 0 saturated carbocycles. The second-order valence-corrected chi connectivity index (χ2v) is 3.44. The number of benzene rings is 1. The Kier molecular flexibility index (Phi) is 3.73. The van der Waals surface area contributed by atoms with Gasteiger partial charge in [0, 0.05) is 4.90 Å². The van der Waals surface area contributed by atoms with Crippen LogP contribution in [0.4, 0.5) is 13.2 Å². The van der Waals surface area contributed by atoms with Gasteiger partial charge in [-0.1, -0.05) is 0 Å². The van der Waals surface area contributed by atoms with Crippen LogP contribution in [0.15, 0.2) is 23.1 Å². The molecule has 1 aromatic carbocycles. The van der Waals surface area contributed by atoms with E-state index in [1.165, 1.54) is 37.1 Å². The predicted octanol–water partition coefficient (Wildman–Crippen LogP) is 3.32. The summed E-state index contributed by atoms with van der Waals surface area (Å²) < 4.78 is 44.5. The van der Waals surface area contributed by atoms with E-state index >= 15 is 0 Å². The van der Waals surface area contributed by atoms with Crippen molar-refractivity contribution >= 4 is 11.8 Å². The Morgan fingerprint density at radius 1 is 1.20 bits per heavy atom. The molecule has 1 aromatic rings. The number of hydrogen-bond donors (Lipinski definition) is 0. The molecule has 0 aliphatic carbocycles. The minimum Gasteiger partial charge on any atom is -0.493 e. The molecule has 0 fully saturated rings. The van der Waals surface area contributed by atoms with Gasteiger partial charge >= 0.3 is 6.36 Å².